The molecule has 3 rings (SSSR count). The SMILES string of the molecule is O=C(NNC(=O)c1cc([N+](=O)[O-])ccc1N1CCCC1)c1ccc(Cl)cc1. The van der Waals surface area contributed by atoms with Crippen LogP contribution >= 0.6 is 11.6 Å². The minimum absolute atomic E-state index is 0.141. The fraction of sp³-hybridized carbons (Fsp3) is 0.222. The van der Waals surface area contributed by atoms with Crippen LogP contribution in [-0.4, -0.2) is 29.8 Å². The number of hydrazine groups is 1. The highest BCUT2D eigenvalue weighted by atomic mass is 35.5. The lowest BCUT2D eigenvalue weighted by atomic mass is 10.1. The Labute approximate surface area is 160 Å². The Morgan fingerprint density at radius 2 is 1.63 bits per heavy atom. The third-order valence-corrected chi connectivity index (χ3v) is 4.53. The molecule has 1 heterocycles. The number of non-ortho nitro benzene ring substituents is 1. The zero-order valence-electron chi connectivity index (χ0n) is 14.3. The number of carbonyl (C=O) groups is 2. The molecule has 8 nitrogen and oxygen atoms in total. The molecule has 0 aromatic heterocycles. The molecule has 0 bridgehead atoms. The van der Waals surface area contributed by atoms with E-state index in [9.17, 15) is 19.7 Å². The molecular weight excluding hydrogens is 372 g/mol. The van der Waals surface area contributed by atoms with Crippen LogP contribution in [0.3, 0.4) is 0 Å². The molecule has 1 saturated heterocycles. The Morgan fingerprint density at radius 1 is 1.00 bits per heavy atom. The van der Waals surface area contributed by atoms with Crippen molar-refractivity contribution in [3.63, 3.8) is 0 Å². The van der Waals surface area contributed by atoms with Crippen molar-refractivity contribution in [2.24, 2.45) is 0 Å². The van der Waals surface area contributed by atoms with Gasteiger partial charge >= 0.3 is 0 Å². The zero-order valence-corrected chi connectivity index (χ0v) is 15.0. The minimum Gasteiger partial charge on any atom is -0.371 e. The molecule has 0 aliphatic carbocycles. The van der Waals surface area contributed by atoms with Gasteiger partial charge in [-0.05, 0) is 43.2 Å². The Balaban J connectivity index is 1.77. The maximum atomic E-state index is 12.6. The van der Waals surface area contributed by atoms with Crippen molar-refractivity contribution in [2.45, 2.75) is 12.8 Å². The molecule has 2 amide bonds. The summed E-state index contributed by atoms with van der Waals surface area (Å²) in [5, 5.41) is 11.6. The number of rotatable bonds is 4. The Kier molecular flexibility index (Phi) is 5.56. The summed E-state index contributed by atoms with van der Waals surface area (Å²) in [6.07, 6.45) is 1.98. The summed E-state index contributed by atoms with van der Waals surface area (Å²) in [5.74, 6) is -1.14. The Morgan fingerprint density at radius 3 is 2.26 bits per heavy atom. The smallest absolute Gasteiger partial charge is 0.272 e. The van der Waals surface area contributed by atoms with Gasteiger partial charge in [0, 0.05) is 35.8 Å². The highest BCUT2D eigenvalue weighted by Crippen LogP contribution is 2.28. The van der Waals surface area contributed by atoms with Crippen LogP contribution in [-0.2, 0) is 0 Å². The van der Waals surface area contributed by atoms with Crippen LogP contribution in [0.5, 0.6) is 0 Å². The van der Waals surface area contributed by atoms with Crippen LogP contribution in [0.2, 0.25) is 5.02 Å². The van der Waals surface area contributed by atoms with Gasteiger partial charge in [0.1, 0.15) is 0 Å². The first-order chi connectivity index (χ1) is 13.0. The quantitative estimate of drug-likeness (QED) is 0.619. The molecule has 1 aliphatic rings. The number of amides is 2. The van der Waals surface area contributed by atoms with E-state index in [0.29, 0.717) is 16.3 Å². The summed E-state index contributed by atoms with van der Waals surface area (Å²) in [6, 6.07) is 10.3. The summed E-state index contributed by atoms with van der Waals surface area (Å²) in [4.78, 5) is 37.2. The number of hydrogen-bond donors (Lipinski definition) is 2. The molecule has 0 atom stereocenters. The van der Waals surface area contributed by atoms with Crippen LogP contribution in [0.15, 0.2) is 42.5 Å². The number of nitrogens with zero attached hydrogens (tertiary/aromatic N) is 2. The molecule has 0 saturated carbocycles. The average Bonchev–Trinajstić information content (AvgIpc) is 3.20. The van der Waals surface area contributed by atoms with Gasteiger partial charge in [-0.1, -0.05) is 11.6 Å². The monoisotopic (exact) mass is 388 g/mol. The molecule has 2 aromatic rings. The van der Waals surface area contributed by atoms with E-state index in [1.165, 1.54) is 24.3 Å². The first kappa shape index (κ1) is 18.7. The summed E-state index contributed by atoms with van der Waals surface area (Å²) >= 11 is 5.78. The fourth-order valence-corrected chi connectivity index (χ4v) is 3.03. The lowest BCUT2D eigenvalue weighted by molar-refractivity contribution is -0.384. The molecule has 1 aliphatic heterocycles. The van der Waals surface area contributed by atoms with Gasteiger partial charge in [-0.15, -0.1) is 0 Å². The predicted octanol–water partition coefficient (Wildman–Crippen LogP) is 2.92. The molecule has 0 unspecified atom stereocenters. The normalized spacial score (nSPS) is 13.3. The maximum Gasteiger partial charge on any atom is 0.272 e. The van der Waals surface area contributed by atoms with Crippen molar-refractivity contribution < 1.29 is 14.5 Å². The van der Waals surface area contributed by atoms with Crippen molar-refractivity contribution in [1.29, 1.82) is 0 Å². The zero-order chi connectivity index (χ0) is 19.4. The van der Waals surface area contributed by atoms with Crippen molar-refractivity contribution in [3.8, 4) is 0 Å². The molecule has 1 fully saturated rings. The van der Waals surface area contributed by atoms with Gasteiger partial charge in [0.05, 0.1) is 16.2 Å². The second-order valence-corrected chi connectivity index (χ2v) is 6.50. The van der Waals surface area contributed by atoms with Crippen LogP contribution in [0.1, 0.15) is 33.6 Å². The van der Waals surface area contributed by atoms with Gasteiger partial charge in [0.2, 0.25) is 0 Å². The lowest BCUT2D eigenvalue weighted by Gasteiger charge is -2.21. The van der Waals surface area contributed by atoms with E-state index in [4.69, 9.17) is 11.6 Å². The lowest BCUT2D eigenvalue weighted by Crippen LogP contribution is -2.42. The fourth-order valence-electron chi connectivity index (χ4n) is 2.91. The third-order valence-electron chi connectivity index (χ3n) is 4.28. The van der Waals surface area contributed by atoms with Crippen molar-refractivity contribution in [1.82, 2.24) is 10.9 Å². The van der Waals surface area contributed by atoms with Gasteiger partial charge in [-0.3, -0.25) is 30.6 Å². The topological polar surface area (TPSA) is 105 Å². The Hall–Kier alpha value is -3.13. The standard InChI is InChI=1S/C18H17ClN4O4/c19-13-5-3-12(4-6-13)17(24)20-21-18(25)15-11-14(23(26)27)7-8-16(15)22-9-1-2-10-22/h3-8,11H,1-2,9-10H2,(H,20,24)(H,21,25). The second-order valence-electron chi connectivity index (χ2n) is 6.07. The van der Waals surface area contributed by atoms with Gasteiger partial charge in [-0.2, -0.15) is 0 Å². The van der Waals surface area contributed by atoms with Gasteiger partial charge < -0.3 is 4.90 Å². The van der Waals surface area contributed by atoms with E-state index in [-0.39, 0.29) is 11.3 Å². The predicted molar refractivity (Wildman–Crippen MR) is 101 cm³/mol. The molecule has 9 heteroatoms. The van der Waals surface area contributed by atoms with E-state index in [2.05, 4.69) is 10.9 Å². The van der Waals surface area contributed by atoms with E-state index in [1.807, 2.05) is 4.90 Å². The number of nitrogens with one attached hydrogen (secondary N) is 2. The largest absolute Gasteiger partial charge is 0.371 e. The van der Waals surface area contributed by atoms with Gasteiger partial charge in [0.15, 0.2) is 0 Å². The molecule has 27 heavy (non-hydrogen) atoms. The van der Waals surface area contributed by atoms with Crippen molar-refractivity contribution >= 4 is 34.8 Å². The summed E-state index contributed by atoms with van der Waals surface area (Å²) in [7, 11) is 0. The van der Waals surface area contributed by atoms with E-state index in [0.717, 1.165) is 25.9 Å². The van der Waals surface area contributed by atoms with Crippen LogP contribution in [0.4, 0.5) is 11.4 Å². The van der Waals surface area contributed by atoms with Crippen molar-refractivity contribution in [3.05, 3.63) is 68.7 Å². The summed E-state index contributed by atoms with van der Waals surface area (Å²) in [6.45, 7) is 1.55. The molecule has 0 spiro atoms. The average molecular weight is 389 g/mol. The number of anilines is 1. The molecule has 0 radical (unpaired) electrons. The molecule has 140 valence electrons. The van der Waals surface area contributed by atoms with E-state index in [1.54, 1.807) is 18.2 Å². The van der Waals surface area contributed by atoms with Gasteiger partial charge in [-0.25, -0.2) is 0 Å². The number of halogens is 1. The number of nitro groups is 1. The van der Waals surface area contributed by atoms with Crippen LogP contribution in [0.25, 0.3) is 0 Å². The summed E-state index contributed by atoms with van der Waals surface area (Å²) < 4.78 is 0. The third kappa shape index (κ3) is 4.35. The van der Waals surface area contributed by atoms with Crippen LogP contribution < -0.4 is 15.8 Å². The number of hydrogen-bond acceptors (Lipinski definition) is 5. The highest BCUT2D eigenvalue weighted by Gasteiger charge is 2.23. The number of benzene rings is 2. The van der Waals surface area contributed by atoms with Crippen LogP contribution in [0, 0.1) is 10.1 Å². The molecule has 2 N–H and O–H groups in total. The second kappa shape index (κ2) is 8.05. The van der Waals surface area contributed by atoms with E-state index < -0.39 is 16.7 Å². The minimum atomic E-state index is -0.622. The first-order valence-corrected chi connectivity index (χ1v) is 8.73. The van der Waals surface area contributed by atoms with Crippen molar-refractivity contribution in [2.75, 3.05) is 18.0 Å². The molecular formula is C18H17ClN4O4. The number of nitro benzene ring substituents is 1. The first-order valence-electron chi connectivity index (χ1n) is 8.35. The highest BCUT2D eigenvalue weighted by molar-refractivity contribution is 6.30. The maximum absolute atomic E-state index is 12.6. The van der Waals surface area contributed by atoms with E-state index >= 15 is 0 Å². The number of carbonyl (C=O) groups excluding carboxylic acids is 2. The Bertz CT molecular complexity index is 879. The molecule has 2 aromatic carbocycles. The summed E-state index contributed by atoms with van der Waals surface area (Å²) in [5.41, 5.74) is 5.51. The van der Waals surface area contributed by atoms with Gasteiger partial charge in [0.25, 0.3) is 17.5 Å².